The second kappa shape index (κ2) is 4.96. The summed E-state index contributed by atoms with van der Waals surface area (Å²) in [5, 5.41) is 8.55. The van der Waals surface area contributed by atoms with E-state index < -0.39 is 0 Å². The van der Waals surface area contributed by atoms with Crippen molar-refractivity contribution in [1.82, 2.24) is 0 Å². The number of hydrogen-bond acceptors (Lipinski definition) is 4. The summed E-state index contributed by atoms with van der Waals surface area (Å²) in [6, 6.07) is 5.48. The summed E-state index contributed by atoms with van der Waals surface area (Å²) >= 11 is 0. The van der Waals surface area contributed by atoms with Gasteiger partial charge in [-0.15, -0.1) is 0 Å². The van der Waals surface area contributed by atoms with Crippen molar-refractivity contribution in [3.8, 4) is 17.6 Å². The first-order valence-corrected chi connectivity index (χ1v) is 5.67. The maximum absolute atomic E-state index is 11.7. The molecule has 1 aromatic carbocycles. The Morgan fingerprint density at radius 1 is 1.39 bits per heavy atom. The van der Waals surface area contributed by atoms with Gasteiger partial charge in [0.1, 0.15) is 19.6 Å². The molecule has 1 amide bonds. The highest BCUT2D eigenvalue weighted by atomic mass is 16.6. The van der Waals surface area contributed by atoms with Crippen LogP contribution in [0.2, 0.25) is 0 Å². The highest BCUT2D eigenvalue weighted by Crippen LogP contribution is 2.36. The number of benzene rings is 1. The number of amides is 1. The second-order valence-corrected chi connectivity index (χ2v) is 4.07. The van der Waals surface area contributed by atoms with E-state index in [0.717, 1.165) is 11.3 Å². The van der Waals surface area contributed by atoms with Gasteiger partial charge >= 0.3 is 0 Å². The van der Waals surface area contributed by atoms with Crippen molar-refractivity contribution in [2.45, 2.75) is 13.3 Å². The van der Waals surface area contributed by atoms with Gasteiger partial charge in [0.15, 0.2) is 11.5 Å². The van der Waals surface area contributed by atoms with E-state index >= 15 is 0 Å². The van der Waals surface area contributed by atoms with Crippen LogP contribution in [0.25, 0.3) is 0 Å². The maximum atomic E-state index is 11.7. The Morgan fingerprint density at radius 3 is 2.61 bits per heavy atom. The van der Waals surface area contributed by atoms with E-state index in [4.69, 9.17) is 14.7 Å². The Balaban J connectivity index is 2.33. The summed E-state index contributed by atoms with van der Waals surface area (Å²) in [7, 11) is 1.65. The lowest BCUT2D eigenvalue weighted by atomic mass is 10.1. The lowest BCUT2D eigenvalue weighted by Gasteiger charge is -2.24. The minimum absolute atomic E-state index is 0.135. The van der Waals surface area contributed by atoms with Crippen molar-refractivity contribution >= 4 is 11.6 Å². The Morgan fingerprint density at radius 2 is 2.00 bits per heavy atom. The third kappa shape index (κ3) is 2.23. The van der Waals surface area contributed by atoms with Crippen LogP contribution in [0.5, 0.6) is 11.5 Å². The highest BCUT2D eigenvalue weighted by molar-refractivity contribution is 5.95. The molecule has 18 heavy (non-hydrogen) atoms. The third-order valence-corrected chi connectivity index (χ3v) is 2.83. The largest absolute Gasteiger partial charge is 0.486 e. The molecule has 1 aliphatic heterocycles. The van der Waals surface area contributed by atoms with Crippen molar-refractivity contribution in [2.24, 2.45) is 0 Å². The number of ether oxygens (including phenoxy) is 2. The summed E-state index contributed by atoms with van der Waals surface area (Å²) in [4.78, 5) is 13.2. The fraction of sp³-hybridized carbons (Fsp3) is 0.385. The number of hydrogen-bond donors (Lipinski definition) is 0. The number of fused-ring (bicyclic) bond motifs is 1. The molecule has 0 atom stereocenters. The van der Waals surface area contributed by atoms with E-state index in [1.54, 1.807) is 13.1 Å². The van der Waals surface area contributed by atoms with Gasteiger partial charge in [-0.05, 0) is 18.6 Å². The Hall–Kier alpha value is -2.22. The molecule has 2 rings (SSSR count). The quantitative estimate of drug-likeness (QED) is 0.795. The fourth-order valence-corrected chi connectivity index (χ4v) is 1.86. The lowest BCUT2D eigenvalue weighted by molar-refractivity contribution is -0.117. The lowest BCUT2D eigenvalue weighted by Crippen LogP contribution is -2.26. The zero-order valence-corrected chi connectivity index (χ0v) is 10.4. The van der Waals surface area contributed by atoms with Crippen LogP contribution in [0.4, 0.5) is 5.69 Å². The first-order valence-electron chi connectivity index (χ1n) is 5.67. The molecule has 0 aliphatic carbocycles. The molecule has 0 N–H and O–H groups in total. The van der Waals surface area contributed by atoms with Crippen LogP contribution in [-0.4, -0.2) is 26.2 Å². The van der Waals surface area contributed by atoms with Crippen molar-refractivity contribution in [1.29, 1.82) is 5.26 Å². The van der Waals surface area contributed by atoms with Crippen LogP contribution in [0.15, 0.2) is 12.1 Å². The molecule has 0 fully saturated rings. The molecule has 0 bridgehead atoms. The smallest absolute Gasteiger partial charge is 0.240 e. The van der Waals surface area contributed by atoms with Crippen molar-refractivity contribution < 1.29 is 14.3 Å². The van der Waals surface area contributed by atoms with E-state index in [-0.39, 0.29) is 12.3 Å². The molecule has 94 valence electrons. The Bertz CT molecular complexity index is 520. The normalized spacial score (nSPS) is 12.7. The molecule has 0 saturated carbocycles. The number of carbonyl (C=O) groups is 1. The molecule has 1 aromatic rings. The van der Waals surface area contributed by atoms with E-state index in [2.05, 4.69) is 0 Å². The van der Waals surface area contributed by atoms with Crippen LogP contribution in [0.3, 0.4) is 0 Å². The van der Waals surface area contributed by atoms with Gasteiger partial charge in [0.05, 0.1) is 11.8 Å². The van der Waals surface area contributed by atoms with E-state index in [1.165, 1.54) is 4.90 Å². The summed E-state index contributed by atoms with van der Waals surface area (Å²) in [6.45, 7) is 2.93. The second-order valence-electron chi connectivity index (χ2n) is 4.07. The summed E-state index contributed by atoms with van der Waals surface area (Å²) in [5.41, 5.74) is 1.65. The monoisotopic (exact) mass is 246 g/mol. The number of nitriles is 1. The standard InChI is InChI=1S/C13H14N2O3/c1-9-7-11-12(18-6-5-17-11)8-10(9)15(2)13(16)3-4-14/h7-8H,3,5-6H2,1-2H3. The van der Waals surface area contributed by atoms with E-state index in [1.807, 2.05) is 19.1 Å². The van der Waals surface area contributed by atoms with Gasteiger partial charge in [-0.3, -0.25) is 4.79 Å². The minimum Gasteiger partial charge on any atom is -0.486 e. The molecule has 5 nitrogen and oxygen atoms in total. The van der Waals surface area contributed by atoms with Gasteiger partial charge in [0.2, 0.25) is 5.91 Å². The molecule has 0 unspecified atom stereocenters. The fourth-order valence-electron chi connectivity index (χ4n) is 1.86. The van der Waals surface area contributed by atoms with Crippen LogP contribution in [0.1, 0.15) is 12.0 Å². The topological polar surface area (TPSA) is 62.6 Å². The number of anilines is 1. The number of nitrogens with zero attached hydrogens (tertiary/aromatic N) is 2. The molecular formula is C13H14N2O3. The molecule has 5 heteroatoms. The number of aryl methyl sites for hydroxylation is 1. The molecule has 0 radical (unpaired) electrons. The van der Waals surface area contributed by atoms with Gasteiger partial charge < -0.3 is 14.4 Å². The summed E-state index contributed by atoms with van der Waals surface area (Å²) in [6.07, 6.45) is -0.135. The number of carbonyl (C=O) groups excluding carboxylic acids is 1. The van der Waals surface area contributed by atoms with Gasteiger partial charge in [0, 0.05) is 13.1 Å². The highest BCUT2D eigenvalue weighted by Gasteiger charge is 2.18. The number of rotatable bonds is 2. The van der Waals surface area contributed by atoms with E-state index in [9.17, 15) is 4.79 Å². The van der Waals surface area contributed by atoms with Gasteiger partial charge in [-0.2, -0.15) is 5.26 Å². The van der Waals surface area contributed by atoms with Gasteiger partial charge in [-0.1, -0.05) is 0 Å². The molecule has 0 spiro atoms. The minimum atomic E-state index is -0.239. The molecule has 0 saturated heterocycles. The van der Waals surface area contributed by atoms with E-state index in [0.29, 0.717) is 24.7 Å². The van der Waals surface area contributed by atoms with Crippen LogP contribution >= 0.6 is 0 Å². The first-order chi connectivity index (χ1) is 8.63. The Kier molecular flexibility index (Phi) is 3.38. The van der Waals surface area contributed by atoms with Crippen LogP contribution in [-0.2, 0) is 4.79 Å². The van der Waals surface area contributed by atoms with Gasteiger partial charge in [-0.25, -0.2) is 0 Å². The SMILES string of the molecule is Cc1cc2c(cc1N(C)C(=O)CC#N)OCCO2. The zero-order valence-electron chi connectivity index (χ0n) is 10.4. The third-order valence-electron chi connectivity index (χ3n) is 2.83. The molecule has 1 aliphatic rings. The summed E-state index contributed by atoms with van der Waals surface area (Å²) in [5.74, 6) is 1.10. The molecular weight excluding hydrogens is 232 g/mol. The van der Waals surface area contributed by atoms with Crippen molar-refractivity contribution in [2.75, 3.05) is 25.2 Å². The summed E-state index contributed by atoms with van der Waals surface area (Å²) < 4.78 is 10.9. The Labute approximate surface area is 106 Å². The zero-order chi connectivity index (χ0) is 13.1. The average molecular weight is 246 g/mol. The van der Waals surface area contributed by atoms with Crippen LogP contribution < -0.4 is 14.4 Å². The van der Waals surface area contributed by atoms with Crippen molar-refractivity contribution in [3.63, 3.8) is 0 Å². The van der Waals surface area contributed by atoms with Gasteiger partial charge in [0.25, 0.3) is 0 Å². The molecule has 1 heterocycles. The average Bonchev–Trinajstić information content (AvgIpc) is 2.37. The predicted octanol–water partition coefficient (Wildman–Crippen LogP) is 1.64. The van der Waals surface area contributed by atoms with Crippen LogP contribution in [0, 0.1) is 18.3 Å². The maximum Gasteiger partial charge on any atom is 0.240 e. The molecule has 0 aromatic heterocycles. The first kappa shape index (κ1) is 12.2. The van der Waals surface area contributed by atoms with Crippen molar-refractivity contribution in [3.05, 3.63) is 17.7 Å². The predicted molar refractivity (Wildman–Crippen MR) is 65.8 cm³/mol.